The van der Waals surface area contributed by atoms with Crippen molar-refractivity contribution in [1.82, 2.24) is 4.90 Å². The van der Waals surface area contributed by atoms with E-state index in [9.17, 15) is 4.39 Å². The smallest absolute Gasteiger partial charge is 0.129 e. The minimum atomic E-state index is -0.267. The monoisotopic (exact) mass is 228 g/mol. The predicted molar refractivity (Wildman–Crippen MR) is 59.4 cm³/mol. The van der Waals surface area contributed by atoms with E-state index in [-0.39, 0.29) is 17.9 Å². The molecule has 0 spiro atoms. The van der Waals surface area contributed by atoms with Gasteiger partial charge >= 0.3 is 0 Å². The van der Waals surface area contributed by atoms with Gasteiger partial charge in [0.15, 0.2) is 0 Å². The topological polar surface area (TPSA) is 29.3 Å². The summed E-state index contributed by atoms with van der Waals surface area (Å²) in [5.41, 5.74) is 6.51. The Morgan fingerprint density at radius 3 is 2.80 bits per heavy atom. The van der Waals surface area contributed by atoms with Crippen LogP contribution in [0.3, 0.4) is 0 Å². The molecule has 0 saturated carbocycles. The van der Waals surface area contributed by atoms with Crippen LogP contribution >= 0.6 is 11.6 Å². The summed E-state index contributed by atoms with van der Waals surface area (Å²) in [7, 11) is 1.94. The van der Waals surface area contributed by atoms with Gasteiger partial charge in [0, 0.05) is 23.2 Å². The lowest BCUT2D eigenvalue weighted by molar-refractivity contribution is 0.297. The van der Waals surface area contributed by atoms with Crippen LogP contribution in [0, 0.1) is 5.82 Å². The van der Waals surface area contributed by atoms with Gasteiger partial charge in [-0.2, -0.15) is 0 Å². The van der Waals surface area contributed by atoms with Gasteiger partial charge in [0.25, 0.3) is 0 Å². The van der Waals surface area contributed by atoms with Crippen LogP contribution in [0.15, 0.2) is 18.2 Å². The molecule has 1 fully saturated rings. The van der Waals surface area contributed by atoms with E-state index in [0.717, 1.165) is 13.0 Å². The Bertz CT molecular complexity index is 339. The fraction of sp³-hybridized carbons (Fsp3) is 0.455. The Morgan fingerprint density at radius 1 is 1.53 bits per heavy atom. The number of likely N-dealkylation sites (N-methyl/N-ethyl adjacent to an activating group) is 1. The number of nitrogens with zero attached hydrogens (tertiary/aromatic N) is 1. The number of hydrogen-bond donors (Lipinski definition) is 1. The average molecular weight is 229 g/mol. The molecule has 1 aromatic carbocycles. The summed E-state index contributed by atoms with van der Waals surface area (Å²) in [6, 6.07) is 4.61. The van der Waals surface area contributed by atoms with Crippen LogP contribution in [0.4, 0.5) is 4.39 Å². The molecule has 0 radical (unpaired) electrons. The third-order valence-corrected chi connectivity index (χ3v) is 3.32. The van der Waals surface area contributed by atoms with Gasteiger partial charge in [-0.05, 0) is 25.6 Å². The molecule has 2 atom stereocenters. The van der Waals surface area contributed by atoms with Crippen molar-refractivity contribution >= 4 is 11.6 Å². The lowest BCUT2D eigenvalue weighted by Crippen LogP contribution is -2.30. The zero-order valence-electron chi connectivity index (χ0n) is 8.58. The Labute approximate surface area is 93.8 Å². The number of likely N-dealkylation sites (tertiary alicyclic amines) is 1. The van der Waals surface area contributed by atoms with E-state index in [1.54, 1.807) is 12.1 Å². The second-order valence-corrected chi connectivity index (χ2v) is 4.42. The van der Waals surface area contributed by atoms with Crippen LogP contribution in [-0.2, 0) is 0 Å². The molecular weight excluding hydrogens is 215 g/mol. The molecule has 82 valence electrons. The first-order valence-corrected chi connectivity index (χ1v) is 5.39. The summed E-state index contributed by atoms with van der Waals surface area (Å²) in [5.74, 6) is -0.267. The van der Waals surface area contributed by atoms with Crippen molar-refractivity contribution in [3.05, 3.63) is 34.6 Å². The maximum atomic E-state index is 13.7. The number of nitrogens with two attached hydrogens (primary N) is 1. The number of hydrogen-bond acceptors (Lipinski definition) is 2. The van der Waals surface area contributed by atoms with Gasteiger partial charge in [0.1, 0.15) is 5.82 Å². The molecular formula is C11H14ClFN2. The average Bonchev–Trinajstić information content (AvgIpc) is 2.49. The first kappa shape index (κ1) is 10.9. The van der Waals surface area contributed by atoms with E-state index in [4.69, 9.17) is 17.3 Å². The lowest BCUT2D eigenvalue weighted by Gasteiger charge is -2.24. The van der Waals surface area contributed by atoms with Gasteiger partial charge in [-0.15, -0.1) is 0 Å². The van der Waals surface area contributed by atoms with Crippen LogP contribution in [0.5, 0.6) is 0 Å². The second-order valence-electron chi connectivity index (χ2n) is 4.01. The number of rotatable bonds is 1. The Hall–Kier alpha value is -0.640. The van der Waals surface area contributed by atoms with Crippen LogP contribution < -0.4 is 5.73 Å². The predicted octanol–water partition coefficient (Wildman–Crippen LogP) is 2.18. The molecule has 2 rings (SSSR count). The van der Waals surface area contributed by atoms with Gasteiger partial charge in [-0.1, -0.05) is 17.7 Å². The maximum Gasteiger partial charge on any atom is 0.129 e. The molecule has 2 N–H and O–H groups in total. The van der Waals surface area contributed by atoms with Gasteiger partial charge < -0.3 is 5.73 Å². The van der Waals surface area contributed by atoms with Gasteiger partial charge in [-0.3, -0.25) is 4.90 Å². The Kier molecular flexibility index (Phi) is 2.96. The summed E-state index contributed by atoms with van der Waals surface area (Å²) < 4.78 is 13.7. The van der Waals surface area contributed by atoms with E-state index in [0.29, 0.717) is 10.6 Å². The first-order chi connectivity index (χ1) is 7.11. The van der Waals surface area contributed by atoms with Crippen LogP contribution in [0.1, 0.15) is 18.0 Å². The summed E-state index contributed by atoms with van der Waals surface area (Å²) >= 11 is 6.02. The van der Waals surface area contributed by atoms with Gasteiger partial charge in [0.2, 0.25) is 0 Å². The van der Waals surface area contributed by atoms with Crippen molar-refractivity contribution in [1.29, 1.82) is 0 Å². The Balaban J connectivity index is 2.44. The summed E-state index contributed by atoms with van der Waals surface area (Å²) in [6.07, 6.45) is 0.881. The summed E-state index contributed by atoms with van der Waals surface area (Å²) in [4.78, 5) is 2.05. The molecule has 1 aliphatic heterocycles. The fourth-order valence-electron chi connectivity index (χ4n) is 2.20. The van der Waals surface area contributed by atoms with Crippen molar-refractivity contribution in [3.8, 4) is 0 Å². The molecule has 0 aliphatic carbocycles. The normalized spacial score (nSPS) is 27.2. The second kappa shape index (κ2) is 4.08. The molecule has 0 aromatic heterocycles. The third kappa shape index (κ3) is 1.87. The molecule has 0 bridgehead atoms. The first-order valence-electron chi connectivity index (χ1n) is 5.01. The van der Waals surface area contributed by atoms with E-state index in [2.05, 4.69) is 4.90 Å². The molecule has 1 aliphatic rings. The molecule has 0 amide bonds. The highest BCUT2D eigenvalue weighted by atomic mass is 35.5. The fourth-order valence-corrected chi connectivity index (χ4v) is 2.48. The standard InChI is InChI=1S/C11H14ClFN2/c1-15-6-5-9(14)11(15)10-7(12)3-2-4-8(10)13/h2-4,9,11H,5-6,14H2,1H3. The number of benzene rings is 1. The lowest BCUT2D eigenvalue weighted by atomic mass is 10.0. The maximum absolute atomic E-state index is 13.7. The highest BCUT2D eigenvalue weighted by Gasteiger charge is 2.33. The van der Waals surface area contributed by atoms with Crippen molar-refractivity contribution in [2.75, 3.05) is 13.6 Å². The van der Waals surface area contributed by atoms with Crippen LogP contribution in [0.25, 0.3) is 0 Å². The van der Waals surface area contributed by atoms with Gasteiger partial charge in [-0.25, -0.2) is 4.39 Å². The van der Waals surface area contributed by atoms with Crippen molar-refractivity contribution in [2.24, 2.45) is 5.73 Å². The van der Waals surface area contributed by atoms with E-state index in [1.807, 2.05) is 7.05 Å². The van der Waals surface area contributed by atoms with Crippen molar-refractivity contribution in [3.63, 3.8) is 0 Å². The van der Waals surface area contributed by atoms with E-state index < -0.39 is 0 Å². The van der Waals surface area contributed by atoms with Crippen LogP contribution in [-0.4, -0.2) is 24.5 Å². The quantitative estimate of drug-likeness (QED) is 0.799. The molecule has 15 heavy (non-hydrogen) atoms. The minimum Gasteiger partial charge on any atom is -0.326 e. The zero-order valence-corrected chi connectivity index (χ0v) is 9.34. The molecule has 4 heteroatoms. The third-order valence-electron chi connectivity index (χ3n) is 2.99. The van der Waals surface area contributed by atoms with Crippen LogP contribution in [0.2, 0.25) is 5.02 Å². The van der Waals surface area contributed by atoms with E-state index in [1.165, 1.54) is 6.07 Å². The molecule has 2 nitrogen and oxygen atoms in total. The summed E-state index contributed by atoms with van der Waals surface area (Å²) in [6.45, 7) is 0.885. The zero-order chi connectivity index (χ0) is 11.0. The van der Waals surface area contributed by atoms with Crippen molar-refractivity contribution < 1.29 is 4.39 Å². The number of halogens is 2. The molecule has 1 saturated heterocycles. The minimum absolute atomic E-state index is 0.0376. The molecule has 1 aromatic rings. The highest BCUT2D eigenvalue weighted by molar-refractivity contribution is 6.31. The Morgan fingerprint density at radius 2 is 2.27 bits per heavy atom. The SMILES string of the molecule is CN1CCC(N)C1c1c(F)cccc1Cl. The highest BCUT2D eigenvalue weighted by Crippen LogP contribution is 2.35. The molecule has 1 heterocycles. The van der Waals surface area contributed by atoms with Gasteiger partial charge in [0.05, 0.1) is 6.04 Å². The summed E-state index contributed by atoms with van der Waals surface area (Å²) in [5, 5.41) is 0.462. The molecule has 2 unspecified atom stereocenters. The van der Waals surface area contributed by atoms with Crippen molar-refractivity contribution in [2.45, 2.75) is 18.5 Å². The largest absolute Gasteiger partial charge is 0.326 e. The van der Waals surface area contributed by atoms with E-state index >= 15 is 0 Å².